The van der Waals surface area contributed by atoms with E-state index in [9.17, 15) is 4.79 Å². The number of nitrogens with zero attached hydrogens (tertiary/aromatic N) is 3. The lowest BCUT2D eigenvalue weighted by Crippen LogP contribution is -2.30. The molecule has 0 bridgehead atoms. The lowest BCUT2D eigenvalue weighted by Gasteiger charge is -2.17. The molecular formula is C22H26N4O2. The number of carbonyl (C=O) groups excluding carboxylic acids is 1. The summed E-state index contributed by atoms with van der Waals surface area (Å²) in [5, 5.41) is 7.19. The highest BCUT2D eigenvalue weighted by atomic mass is 16.5. The van der Waals surface area contributed by atoms with Crippen molar-refractivity contribution in [3.05, 3.63) is 71.7 Å². The molecule has 2 aromatic heterocycles. The molecule has 3 rings (SSSR count). The highest BCUT2D eigenvalue weighted by Gasteiger charge is 2.17. The molecule has 1 atom stereocenters. The third-order valence-corrected chi connectivity index (χ3v) is 4.49. The lowest BCUT2D eigenvalue weighted by atomic mass is 10.0. The summed E-state index contributed by atoms with van der Waals surface area (Å²) < 4.78 is 7.65. The number of rotatable bonds is 7. The molecule has 3 aromatic rings. The minimum Gasteiger partial charge on any atom is -0.481 e. The molecule has 1 N–H and O–H groups in total. The van der Waals surface area contributed by atoms with Crippen LogP contribution < -0.4 is 10.1 Å². The average molecular weight is 378 g/mol. The highest BCUT2D eigenvalue weighted by Crippen LogP contribution is 2.25. The van der Waals surface area contributed by atoms with Crippen molar-refractivity contribution in [3.8, 4) is 5.75 Å². The van der Waals surface area contributed by atoms with E-state index in [4.69, 9.17) is 4.74 Å². The van der Waals surface area contributed by atoms with Crippen molar-refractivity contribution in [1.29, 1.82) is 0 Å². The van der Waals surface area contributed by atoms with E-state index in [1.165, 1.54) is 5.56 Å². The Morgan fingerprint density at radius 3 is 2.71 bits per heavy atom. The molecule has 0 saturated heterocycles. The summed E-state index contributed by atoms with van der Waals surface area (Å²) >= 11 is 0. The number of carbonyl (C=O) groups is 1. The van der Waals surface area contributed by atoms with Crippen molar-refractivity contribution in [2.45, 2.75) is 46.3 Å². The van der Waals surface area contributed by atoms with Crippen molar-refractivity contribution < 1.29 is 9.53 Å². The summed E-state index contributed by atoms with van der Waals surface area (Å²) in [6.07, 6.45) is 2.92. The monoisotopic (exact) mass is 378 g/mol. The van der Waals surface area contributed by atoms with Crippen LogP contribution in [0.3, 0.4) is 0 Å². The minimum atomic E-state index is -0.637. The standard InChI is InChI=1S/C22H26N4O2/c1-15(2)18-9-8-16(3)20(13-18)28-17(4)22(27)24-21-10-12-26(25-21)14-19-7-5-6-11-23-19/h5-13,15,17H,14H2,1-4H3,(H,24,25,27). The van der Waals surface area contributed by atoms with E-state index < -0.39 is 6.10 Å². The van der Waals surface area contributed by atoms with E-state index in [1.54, 1.807) is 23.9 Å². The highest BCUT2D eigenvalue weighted by molar-refractivity contribution is 5.93. The molecule has 0 radical (unpaired) electrons. The van der Waals surface area contributed by atoms with Crippen molar-refractivity contribution >= 4 is 11.7 Å². The van der Waals surface area contributed by atoms with E-state index in [0.29, 0.717) is 18.3 Å². The Morgan fingerprint density at radius 2 is 2.00 bits per heavy atom. The first-order valence-electron chi connectivity index (χ1n) is 9.44. The van der Waals surface area contributed by atoms with Gasteiger partial charge in [0, 0.05) is 18.5 Å². The van der Waals surface area contributed by atoms with Gasteiger partial charge >= 0.3 is 0 Å². The van der Waals surface area contributed by atoms with E-state index in [1.807, 2.05) is 43.5 Å². The first-order valence-corrected chi connectivity index (χ1v) is 9.44. The predicted molar refractivity (Wildman–Crippen MR) is 110 cm³/mol. The van der Waals surface area contributed by atoms with Crippen LogP contribution in [-0.4, -0.2) is 26.8 Å². The van der Waals surface area contributed by atoms with Crippen LogP contribution in [0.15, 0.2) is 54.9 Å². The van der Waals surface area contributed by atoms with Gasteiger partial charge in [0.05, 0.1) is 12.2 Å². The Balaban J connectivity index is 1.61. The Labute approximate surface area is 165 Å². The van der Waals surface area contributed by atoms with E-state index in [0.717, 1.165) is 17.0 Å². The Morgan fingerprint density at radius 1 is 1.18 bits per heavy atom. The van der Waals surface area contributed by atoms with E-state index >= 15 is 0 Å². The van der Waals surface area contributed by atoms with Gasteiger partial charge in [-0.3, -0.25) is 14.5 Å². The number of nitrogens with one attached hydrogen (secondary N) is 1. The summed E-state index contributed by atoms with van der Waals surface area (Å²) in [4.78, 5) is 16.8. The topological polar surface area (TPSA) is 69.0 Å². The number of pyridine rings is 1. The molecule has 1 unspecified atom stereocenters. The van der Waals surface area contributed by atoms with Gasteiger partial charge in [-0.05, 0) is 49.1 Å². The van der Waals surface area contributed by atoms with Gasteiger partial charge in [-0.25, -0.2) is 0 Å². The van der Waals surface area contributed by atoms with Gasteiger partial charge in [-0.2, -0.15) is 5.10 Å². The zero-order valence-electron chi connectivity index (χ0n) is 16.7. The fourth-order valence-corrected chi connectivity index (χ4v) is 2.75. The van der Waals surface area contributed by atoms with Crippen molar-refractivity contribution in [3.63, 3.8) is 0 Å². The second-order valence-electron chi connectivity index (χ2n) is 7.15. The summed E-state index contributed by atoms with van der Waals surface area (Å²) in [6, 6.07) is 13.6. The molecular weight excluding hydrogens is 352 g/mol. The lowest BCUT2D eigenvalue weighted by molar-refractivity contribution is -0.122. The van der Waals surface area contributed by atoms with Gasteiger partial charge in [0.1, 0.15) is 5.75 Å². The normalized spacial score (nSPS) is 12.0. The maximum absolute atomic E-state index is 12.5. The van der Waals surface area contributed by atoms with Crippen molar-refractivity contribution in [1.82, 2.24) is 14.8 Å². The van der Waals surface area contributed by atoms with Gasteiger partial charge in [0.25, 0.3) is 5.91 Å². The van der Waals surface area contributed by atoms with Gasteiger partial charge in [0.15, 0.2) is 11.9 Å². The quantitative estimate of drug-likeness (QED) is 0.670. The maximum atomic E-state index is 12.5. The molecule has 0 aliphatic heterocycles. The molecule has 6 nitrogen and oxygen atoms in total. The molecule has 0 aliphatic carbocycles. The number of hydrogen-bond acceptors (Lipinski definition) is 4. The molecule has 28 heavy (non-hydrogen) atoms. The van der Waals surface area contributed by atoms with Crippen LogP contribution >= 0.6 is 0 Å². The van der Waals surface area contributed by atoms with Gasteiger partial charge < -0.3 is 10.1 Å². The third-order valence-electron chi connectivity index (χ3n) is 4.49. The second-order valence-corrected chi connectivity index (χ2v) is 7.15. The fraction of sp³-hybridized carbons (Fsp3) is 0.318. The van der Waals surface area contributed by atoms with Crippen molar-refractivity contribution in [2.24, 2.45) is 0 Å². The van der Waals surface area contributed by atoms with Crippen LogP contribution in [0.5, 0.6) is 5.75 Å². The molecule has 6 heteroatoms. The zero-order chi connectivity index (χ0) is 20.1. The first kappa shape index (κ1) is 19.6. The van der Waals surface area contributed by atoms with E-state index in [2.05, 4.69) is 35.3 Å². The number of anilines is 1. The number of aryl methyl sites for hydroxylation is 1. The predicted octanol–water partition coefficient (Wildman–Crippen LogP) is 4.16. The third kappa shape index (κ3) is 4.97. The van der Waals surface area contributed by atoms with Gasteiger partial charge in [-0.1, -0.05) is 32.0 Å². The van der Waals surface area contributed by atoms with Gasteiger partial charge in [0.2, 0.25) is 0 Å². The molecule has 2 heterocycles. The van der Waals surface area contributed by atoms with E-state index in [-0.39, 0.29) is 5.91 Å². The van der Waals surface area contributed by atoms with Crippen molar-refractivity contribution in [2.75, 3.05) is 5.32 Å². The number of ether oxygens (including phenoxy) is 1. The molecule has 1 aromatic carbocycles. The maximum Gasteiger partial charge on any atom is 0.266 e. The van der Waals surface area contributed by atoms with Crippen LogP contribution in [0.1, 0.15) is 43.5 Å². The number of amides is 1. The Kier molecular flexibility index (Phi) is 6.09. The Bertz CT molecular complexity index is 935. The molecule has 0 spiro atoms. The summed E-state index contributed by atoms with van der Waals surface area (Å²) in [5.74, 6) is 1.38. The molecule has 0 fully saturated rings. The van der Waals surface area contributed by atoms with Crippen LogP contribution in [-0.2, 0) is 11.3 Å². The van der Waals surface area contributed by atoms with Crippen LogP contribution in [0.4, 0.5) is 5.82 Å². The molecule has 0 saturated carbocycles. The number of hydrogen-bond donors (Lipinski definition) is 1. The largest absolute Gasteiger partial charge is 0.481 e. The van der Waals surface area contributed by atoms with Crippen LogP contribution in [0, 0.1) is 6.92 Å². The fourth-order valence-electron chi connectivity index (χ4n) is 2.75. The molecule has 1 amide bonds. The summed E-state index contributed by atoms with van der Waals surface area (Å²) in [6.45, 7) is 8.52. The van der Waals surface area contributed by atoms with Crippen LogP contribution in [0.2, 0.25) is 0 Å². The average Bonchev–Trinajstić information content (AvgIpc) is 3.10. The minimum absolute atomic E-state index is 0.238. The summed E-state index contributed by atoms with van der Waals surface area (Å²) in [7, 11) is 0. The Hall–Kier alpha value is -3.15. The number of aromatic nitrogens is 3. The first-order chi connectivity index (χ1) is 13.4. The summed E-state index contributed by atoms with van der Waals surface area (Å²) in [5.41, 5.74) is 3.09. The SMILES string of the molecule is Cc1ccc(C(C)C)cc1OC(C)C(=O)Nc1ccn(Cc2ccccn2)n1. The zero-order valence-corrected chi connectivity index (χ0v) is 16.7. The number of benzene rings is 1. The molecule has 146 valence electrons. The van der Waals surface area contributed by atoms with Gasteiger partial charge in [-0.15, -0.1) is 0 Å². The second kappa shape index (κ2) is 8.69. The molecule has 0 aliphatic rings. The smallest absolute Gasteiger partial charge is 0.266 e. The van der Waals surface area contributed by atoms with Crippen LogP contribution in [0.25, 0.3) is 0 Å².